The van der Waals surface area contributed by atoms with E-state index in [9.17, 15) is 9.59 Å². The second-order valence-corrected chi connectivity index (χ2v) is 6.48. The number of carbonyl (C=O) groups is 2. The number of urea groups is 1. The van der Waals surface area contributed by atoms with E-state index in [-0.39, 0.29) is 17.5 Å². The van der Waals surface area contributed by atoms with Gasteiger partial charge in [0.15, 0.2) is 0 Å². The fourth-order valence-corrected chi connectivity index (χ4v) is 3.17. The number of cyclic esters (lactones) is 1. The third-order valence-electron chi connectivity index (χ3n) is 4.37. The molecule has 1 aliphatic carbocycles. The van der Waals surface area contributed by atoms with Gasteiger partial charge in [-0.1, -0.05) is 24.3 Å². The number of amides is 2. The molecule has 21 heavy (non-hydrogen) atoms. The highest BCUT2D eigenvalue weighted by Gasteiger charge is 2.42. The average Bonchev–Trinajstić information content (AvgIpc) is 2.88. The molecule has 5 nitrogen and oxygen atoms in total. The van der Waals surface area contributed by atoms with Gasteiger partial charge in [-0.15, -0.1) is 0 Å². The Kier molecular flexibility index (Phi) is 3.15. The summed E-state index contributed by atoms with van der Waals surface area (Å²) in [6.07, 6.45) is 2.12. The van der Waals surface area contributed by atoms with Crippen molar-refractivity contribution < 1.29 is 14.3 Å². The van der Waals surface area contributed by atoms with Gasteiger partial charge in [0.05, 0.1) is 6.61 Å². The minimum absolute atomic E-state index is 0.313. The van der Waals surface area contributed by atoms with Gasteiger partial charge in [-0.3, -0.25) is 0 Å². The zero-order chi connectivity index (χ0) is 15.1. The Hall–Kier alpha value is -2.04. The van der Waals surface area contributed by atoms with Gasteiger partial charge in [-0.05, 0) is 37.8 Å². The number of hydrogen-bond acceptors (Lipinski definition) is 3. The Morgan fingerprint density at radius 1 is 1.14 bits per heavy atom. The van der Waals surface area contributed by atoms with E-state index in [1.165, 1.54) is 11.1 Å². The lowest BCUT2D eigenvalue weighted by atomic mass is 9.98. The molecule has 112 valence electrons. The monoisotopic (exact) mass is 288 g/mol. The smallest absolute Gasteiger partial charge is 0.331 e. The Labute approximate surface area is 124 Å². The Balaban J connectivity index is 1.65. The van der Waals surface area contributed by atoms with Crippen LogP contribution in [0.5, 0.6) is 0 Å². The molecule has 5 heteroatoms. The summed E-state index contributed by atoms with van der Waals surface area (Å²) in [6, 6.07) is 7.90. The number of ether oxygens (including phenoxy) is 1. The van der Waals surface area contributed by atoms with Crippen LogP contribution in [0, 0.1) is 0 Å². The van der Waals surface area contributed by atoms with Crippen LogP contribution in [0.4, 0.5) is 4.79 Å². The molecule has 0 bridgehead atoms. The van der Waals surface area contributed by atoms with Gasteiger partial charge < -0.3 is 15.4 Å². The van der Waals surface area contributed by atoms with Crippen LogP contribution >= 0.6 is 0 Å². The summed E-state index contributed by atoms with van der Waals surface area (Å²) in [5, 5.41) is 5.78. The molecule has 1 aliphatic heterocycles. The molecule has 1 saturated heterocycles. The fourth-order valence-electron chi connectivity index (χ4n) is 3.17. The molecule has 1 atom stereocenters. The van der Waals surface area contributed by atoms with Crippen LogP contribution in [0.2, 0.25) is 0 Å². The molecule has 1 aromatic carbocycles. The van der Waals surface area contributed by atoms with Crippen molar-refractivity contribution in [1.29, 1.82) is 0 Å². The largest absolute Gasteiger partial charge is 0.464 e. The van der Waals surface area contributed by atoms with Crippen LogP contribution in [0.3, 0.4) is 0 Å². The first kappa shape index (κ1) is 13.9. The van der Waals surface area contributed by atoms with Crippen LogP contribution in [0.25, 0.3) is 0 Å². The zero-order valence-corrected chi connectivity index (χ0v) is 12.4. The molecule has 0 spiro atoms. The maximum Gasteiger partial charge on any atom is 0.331 e. The predicted molar refractivity (Wildman–Crippen MR) is 77.9 cm³/mol. The number of carbonyl (C=O) groups excluding carboxylic acids is 2. The maximum absolute atomic E-state index is 12.2. The Bertz CT molecular complexity index is 574. The lowest BCUT2D eigenvalue weighted by molar-refractivity contribution is -0.142. The summed E-state index contributed by atoms with van der Waals surface area (Å²) in [4.78, 5) is 23.9. The molecule has 2 aliphatic rings. The van der Waals surface area contributed by atoms with E-state index in [1.54, 1.807) is 6.92 Å². The van der Waals surface area contributed by atoms with Crippen LogP contribution in [-0.4, -0.2) is 29.7 Å². The fraction of sp³-hybridized carbons (Fsp3) is 0.500. The van der Waals surface area contributed by atoms with Crippen molar-refractivity contribution in [3.63, 3.8) is 0 Å². The van der Waals surface area contributed by atoms with Gasteiger partial charge in [0.2, 0.25) is 0 Å². The number of esters is 1. The highest BCUT2D eigenvalue weighted by molar-refractivity contribution is 5.88. The van der Waals surface area contributed by atoms with E-state index >= 15 is 0 Å². The molecule has 0 saturated carbocycles. The summed E-state index contributed by atoms with van der Waals surface area (Å²) >= 11 is 0. The van der Waals surface area contributed by atoms with Crippen LogP contribution < -0.4 is 10.6 Å². The maximum atomic E-state index is 12.2. The summed E-state index contributed by atoms with van der Waals surface area (Å²) in [7, 11) is 0. The third kappa shape index (κ3) is 2.60. The lowest BCUT2D eigenvalue weighted by Gasteiger charge is -2.28. The molecule has 0 radical (unpaired) electrons. The molecule has 2 N–H and O–H groups in total. The highest BCUT2D eigenvalue weighted by Crippen LogP contribution is 2.29. The normalized spacial score (nSPS) is 26.1. The van der Waals surface area contributed by atoms with E-state index in [0.29, 0.717) is 13.0 Å². The molecule has 3 rings (SSSR count). The van der Waals surface area contributed by atoms with Gasteiger partial charge in [0, 0.05) is 12.0 Å². The van der Waals surface area contributed by atoms with Crippen molar-refractivity contribution in [2.75, 3.05) is 6.61 Å². The molecule has 0 aromatic heterocycles. The second kappa shape index (κ2) is 4.76. The first-order chi connectivity index (χ1) is 9.90. The van der Waals surface area contributed by atoms with E-state index in [4.69, 9.17) is 4.74 Å². The Morgan fingerprint density at radius 2 is 1.76 bits per heavy atom. The summed E-state index contributed by atoms with van der Waals surface area (Å²) in [6.45, 7) is 4.09. The molecular formula is C16H20N2O3. The van der Waals surface area contributed by atoms with Crippen molar-refractivity contribution in [2.45, 2.75) is 44.2 Å². The van der Waals surface area contributed by atoms with Gasteiger partial charge in [-0.25, -0.2) is 9.59 Å². The van der Waals surface area contributed by atoms with Crippen molar-refractivity contribution in [2.24, 2.45) is 0 Å². The van der Waals surface area contributed by atoms with Crippen LogP contribution in [-0.2, 0) is 22.4 Å². The standard InChI is InChI=1S/C16H20N2O3/c1-15(9-11-5-3-4-6-12(11)10-15)17-14(20)18-16(2)7-8-21-13(16)19/h3-6H,7-10H2,1-2H3,(H2,17,18,20). The highest BCUT2D eigenvalue weighted by atomic mass is 16.5. The van der Waals surface area contributed by atoms with E-state index in [1.807, 2.05) is 19.1 Å². The summed E-state index contributed by atoms with van der Waals surface area (Å²) in [5.74, 6) is -0.363. The van der Waals surface area contributed by atoms with Crippen molar-refractivity contribution >= 4 is 12.0 Å². The van der Waals surface area contributed by atoms with Crippen molar-refractivity contribution in [3.8, 4) is 0 Å². The summed E-state index contributed by atoms with van der Waals surface area (Å²) in [5.41, 5.74) is 1.32. The van der Waals surface area contributed by atoms with Crippen LogP contribution in [0.1, 0.15) is 31.4 Å². The van der Waals surface area contributed by atoms with Gasteiger partial charge in [0.1, 0.15) is 5.54 Å². The van der Waals surface area contributed by atoms with Crippen LogP contribution in [0.15, 0.2) is 24.3 Å². The topological polar surface area (TPSA) is 67.4 Å². The van der Waals surface area contributed by atoms with Gasteiger partial charge in [0.25, 0.3) is 0 Å². The van der Waals surface area contributed by atoms with E-state index < -0.39 is 5.54 Å². The SMILES string of the molecule is CC1(NC(=O)NC2(C)CCOC2=O)Cc2ccccc2C1. The molecule has 1 heterocycles. The third-order valence-corrected chi connectivity index (χ3v) is 4.37. The number of nitrogens with one attached hydrogen (secondary N) is 2. The Morgan fingerprint density at radius 3 is 2.29 bits per heavy atom. The molecule has 1 fully saturated rings. The minimum Gasteiger partial charge on any atom is -0.464 e. The quantitative estimate of drug-likeness (QED) is 0.811. The molecular weight excluding hydrogens is 268 g/mol. The molecule has 2 amide bonds. The second-order valence-electron chi connectivity index (χ2n) is 6.48. The predicted octanol–water partition coefficient (Wildman–Crippen LogP) is 1.55. The minimum atomic E-state index is -0.911. The molecule has 1 aromatic rings. The first-order valence-electron chi connectivity index (χ1n) is 7.25. The first-order valence-corrected chi connectivity index (χ1v) is 7.25. The molecule has 1 unspecified atom stereocenters. The van der Waals surface area contributed by atoms with Crippen molar-refractivity contribution in [1.82, 2.24) is 10.6 Å². The lowest BCUT2D eigenvalue weighted by Crippen LogP contribution is -2.58. The van der Waals surface area contributed by atoms with Crippen molar-refractivity contribution in [3.05, 3.63) is 35.4 Å². The van der Waals surface area contributed by atoms with Gasteiger partial charge in [-0.2, -0.15) is 0 Å². The van der Waals surface area contributed by atoms with E-state index in [0.717, 1.165) is 12.8 Å². The van der Waals surface area contributed by atoms with Gasteiger partial charge >= 0.3 is 12.0 Å². The van der Waals surface area contributed by atoms with E-state index in [2.05, 4.69) is 22.8 Å². The summed E-state index contributed by atoms with van der Waals surface area (Å²) < 4.78 is 4.93. The average molecular weight is 288 g/mol. The number of benzene rings is 1. The number of rotatable bonds is 2. The number of hydrogen-bond donors (Lipinski definition) is 2. The number of fused-ring (bicyclic) bond motifs is 1. The zero-order valence-electron chi connectivity index (χ0n) is 12.4.